The number of carbonyl (C=O) groups excluding carboxylic acids is 1. The van der Waals surface area contributed by atoms with Gasteiger partial charge in [-0.3, -0.25) is 9.59 Å². The van der Waals surface area contributed by atoms with Crippen molar-refractivity contribution in [1.82, 2.24) is 0 Å². The van der Waals surface area contributed by atoms with E-state index in [4.69, 9.17) is 0 Å². The number of phenolic OH excluding ortho intramolecular Hbond substituents is 2. The summed E-state index contributed by atoms with van der Waals surface area (Å²) in [5.74, 6) is -3.71. The number of hydrogen-bond acceptors (Lipinski definition) is 4. The van der Waals surface area contributed by atoms with Gasteiger partial charge in [0, 0.05) is 17.5 Å². The van der Waals surface area contributed by atoms with Gasteiger partial charge >= 0.3 is 5.97 Å². The Hall–Kier alpha value is -2.82. The molecule has 0 amide bonds. The number of rotatable bonds is 5. The minimum absolute atomic E-state index is 0.0467. The van der Waals surface area contributed by atoms with Gasteiger partial charge in [0.25, 0.3) is 0 Å². The van der Waals surface area contributed by atoms with Crippen molar-refractivity contribution in [1.29, 1.82) is 0 Å². The van der Waals surface area contributed by atoms with E-state index in [1.165, 1.54) is 18.2 Å². The predicted octanol–water partition coefficient (Wildman–Crippen LogP) is 2.08. The van der Waals surface area contributed by atoms with Gasteiger partial charge in [0.15, 0.2) is 5.78 Å². The van der Waals surface area contributed by atoms with Crippen LogP contribution in [-0.4, -0.2) is 27.1 Å². The first kappa shape index (κ1) is 14.6. The monoisotopic (exact) mass is 286 g/mol. The van der Waals surface area contributed by atoms with Crippen molar-refractivity contribution in [2.75, 3.05) is 0 Å². The highest BCUT2D eigenvalue weighted by Crippen LogP contribution is 2.28. The zero-order valence-electron chi connectivity index (χ0n) is 11.1. The van der Waals surface area contributed by atoms with Crippen LogP contribution in [0, 0.1) is 0 Å². The van der Waals surface area contributed by atoms with Crippen LogP contribution in [0.15, 0.2) is 48.5 Å². The molecule has 0 aliphatic carbocycles. The Balaban J connectivity index is 2.32. The topological polar surface area (TPSA) is 94.8 Å². The molecular formula is C16H14O5. The minimum atomic E-state index is -1.47. The van der Waals surface area contributed by atoms with Crippen LogP contribution in [0.2, 0.25) is 0 Å². The molecule has 1 unspecified atom stereocenters. The molecule has 5 heteroatoms. The van der Waals surface area contributed by atoms with E-state index in [9.17, 15) is 24.9 Å². The van der Waals surface area contributed by atoms with Crippen molar-refractivity contribution in [2.45, 2.75) is 12.3 Å². The molecule has 0 fully saturated rings. The van der Waals surface area contributed by atoms with E-state index in [1.807, 2.05) is 0 Å². The lowest BCUT2D eigenvalue weighted by atomic mass is 9.90. The molecule has 0 radical (unpaired) electrons. The van der Waals surface area contributed by atoms with Gasteiger partial charge in [0.05, 0.1) is 0 Å². The zero-order valence-corrected chi connectivity index (χ0v) is 11.1. The van der Waals surface area contributed by atoms with Crippen LogP contribution in [0.25, 0.3) is 0 Å². The van der Waals surface area contributed by atoms with Gasteiger partial charge < -0.3 is 15.3 Å². The van der Waals surface area contributed by atoms with E-state index >= 15 is 0 Å². The van der Waals surface area contributed by atoms with Crippen LogP contribution in [0.5, 0.6) is 11.5 Å². The SMILES string of the molecule is O=C(O)C(C(=O)Cc1ccccc1O)c1ccccc1O. The zero-order chi connectivity index (χ0) is 15.4. The molecule has 5 nitrogen and oxygen atoms in total. The molecule has 1 atom stereocenters. The second-order valence-electron chi connectivity index (χ2n) is 4.60. The first-order valence-corrected chi connectivity index (χ1v) is 6.31. The Labute approximate surface area is 121 Å². The second-order valence-corrected chi connectivity index (χ2v) is 4.60. The van der Waals surface area contributed by atoms with Crippen LogP contribution >= 0.6 is 0 Å². The molecule has 2 rings (SSSR count). The van der Waals surface area contributed by atoms with E-state index in [0.717, 1.165) is 0 Å². The maximum atomic E-state index is 12.3. The molecule has 0 aliphatic heterocycles. The molecule has 0 saturated carbocycles. The van der Waals surface area contributed by atoms with E-state index in [-0.39, 0.29) is 23.5 Å². The second kappa shape index (κ2) is 6.09. The Morgan fingerprint density at radius 3 is 2.05 bits per heavy atom. The number of aliphatic carboxylic acids is 1. The molecule has 108 valence electrons. The van der Waals surface area contributed by atoms with Gasteiger partial charge in [0.2, 0.25) is 0 Å². The number of hydrogen-bond donors (Lipinski definition) is 3. The lowest BCUT2D eigenvalue weighted by molar-refractivity contribution is -0.142. The average Bonchev–Trinajstić information content (AvgIpc) is 2.43. The number of aromatic hydroxyl groups is 2. The van der Waals surface area contributed by atoms with Crippen molar-refractivity contribution in [3.63, 3.8) is 0 Å². The van der Waals surface area contributed by atoms with Crippen molar-refractivity contribution < 1.29 is 24.9 Å². The number of Topliss-reactive ketones (excluding diaryl/α,β-unsaturated/α-hetero) is 1. The van der Waals surface area contributed by atoms with Gasteiger partial charge in [-0.1, -0.05) is 36.4 Å². The summed E-state index contributed by atoms with van der Waals surface area (Å²) in [7, 11) is 0. The summed E-state index contributed by atoms with van der Waals surface area (Å²) >= 11 is 0. The Morgan fingerprint density at radius 2 is 1.48 bits per heavy atom. The molecule has 0 heterocycles. The number of para-hydroxylation sites is 2. The highest BCUT2D eigenvalue weighted by atomic mass is 16.4. The average molecular weight is 286 g/mol. The summed E-state index contributed by atoms with van der Waals surface area (Å²) in [6.45, 7) is 0. The quantitative estimate of drug-likeness (QED) is 0.731. The van der Waals surface area contributed by atoms with Crippen LogP contribution < -0.4 is 0 Å². The smallest absolute Gasteiger partial charge is 0.318 e. The molecule has 0 saturated heterocycles. The molecule has 0 aromatic heterocycles. The van der Waals surface area contributed by atoms with Crippen molar-refractivity contribution in [3.8, 4) is 11.5 Å². The highest BCUT2D eigenvalue weighted by molar-refractivity contribution is 6.05. The normalized spacial score (nSPS) is 11.8. The van der Waals surface area contributed by atoms with Gasteiger partial charge in [-0.2, -0.15) is 0 Å². The summed E-state index contributed by atoms with van der Waals surface area (Å²) in [6, 6.07) is 12.1. The third-order valence-electron chi connectivity index (χ3n) is 3.17. The number of carboxylic acids is 1. The van der Waals surface area contributed by atoms with E-state index in [1.54, 1.807) is 30.3 Å². The fourth-order valence-electron chi connectivity index (χ4n) is 2.13. The maximum absolute atomic E-state index is 12.3. The molecular weight excluding hydrogens is 272 g/mol. The Bertz CT molecular complexity index is 678. The summed E-state index contributed by atoms with van der Waals surface area (Å²) in [6.07, 6.45) is -0.224. The van der Waals surface area contributed by atoms with Crippen LogP contribution in [-0.2, 0) is 16.0 Å². The predicted molar refractivity (Wildman–Crippen MR) is 75.3 cm³/mol. The maximum Gasteiger partial charge on any atom is 0.318 e. The number of benzene rings is 2. The van der Waals surface area contributed by atoms with Crippen molar-refractivity contribution in [2.24, 2.45) is 0 Å². The lowest BCUT2D eigenvalue weighted by Crippen LogP contribution is -2.23. The molecule has 0 spiro atoms. The fourth-order valence-corrected chi connectivity index (χ4v) is 2.13. The minimum Gasteiger partial charge on any atom is -0.508 e. The molecule has 3 N–H and O–H groups in total. The Kier molecular flexibility index (Phi) is 4.23. The van der Waals surface area contributed by atoms with Crippen molar-refractivity contribution in [3.05, 3.63) is 59.7 Å². The molecule has 2 aromatic rings. The number of carbonyl (C=O) groups is 2. The van der Waals surface area contributed by atoms with Crippen LogP contribution in [0.4, 0.5) is 0 Å². The fraction of sp³-hybridized carbons (Fsp3) is 0.125. The van der Waals surface area contributed by atoms with Gasteiger partial charge in [-0.25, -0.2) is 0 Å². The van der Waals surface area contributed by atoms with Crippen molar-refractivity contribution >= 4 is 11.8 Å². The standard InChI is InChI=1S/C16H14O5/c17-12-7-3-1-5-10(12)9-14(19)15(16(20)21)11-6-2-4-8-13(11)18/h1-8,15,17-18H,9H2,(H,20,21). The molecule has 2 aromatic carbocycles. The summed E-state index contributed by atoms with van der Waals surface area (Å²) in [5.41, 5.74) is 0.398. The highest BCUT2D eigenvalue weighted by Gasteiger charge is 2.30. The van der Waals surface area contributed by atoms with Crippen LogP contribution in [0.3, 0.4) is 0 Å². The lowest BCUT2D eigenvalue weighted by Gasteiger charge is -2.13. The third kappa shape index (κ3) is 3.20. The first-order chi connectivity index (χ1) is 10.0. The van der Waals surface area contributed by atoms with E-state index < -0.39 is 17.7 Å². The first-order valence-electron chi connectivity index (χ1n) is 6.31. The summed E-state index contributed by atoms with van der Waals surface area (Å²) < 4.78 is 0. The Morgan fingerprint density at radius 1 is 0.905 bits per heavy atom. The number of carboxylic acid groups (broad SMARTS) is 1. The number of ketones is 1. The number of phenols is 2. The molecule has 0 aliphatic rings. The van der Waals surface area contributed by atoms with E-state index in [0.29, 0.717) is 5.56 Å². The third-order valence-corrected chi connectivity index (χ3v) is 3.17. The molecule has 0 bridgehead atoms. The van der Waals surface area contributed by atoms with Gasteiger partial charge in [-0.15, -0.1) is 0 Å². The summed E-state index contributed by atoms with van der Waals surface area (Å²) in [4.78, 5) is 23.6. The van der Waals surface area contributed by atoms with Crippen LogP contribution in [0.1, 0.15) is 17.0 Å². The van der Waals surface area contributed by atoms with Gasteiger partial charge in [-0.05, 0) is 12.1 Å². The van der Waals surface area contributed by atoms with Gasteiger partial charge in [0.1, 0.15) is 17.4 Å². The van der Waals surface area contributed by atoms with E-state index in [2.05, 4.69) is 0 Å². The largest absolute Gasteiger partial charge is 0.508 e. The molecule has 21 heavy (non-hydrogen) atoms. The summed E-state index contributed by atoms with van der Waals surface area (Å²) in [5, 5.41) is 28.7.